The molecule has 0 spiro atoms. The fourth-order valence-electron chi connectivity index (χ4n) is 1.81. The molecule has 0 aliphatic carbocycles. The first-order valence-electron chi connectivity index (χ1n) is 5.00. The second kappa shape index (κ2) is 3.28. The summed E-state index contributed by atoms with van der Waals surface area (Å²) in [6, 6.07) is 16.8. The highest BCUT2D eigenvalue weighted by Gasteiger charge is 2.06. The zero-order valence-corrected chi connectivity index (χ0v) is 8.22. The summed E-state index contributed by atoms with van der Waals surface area (Å²) in [4.78, 5) is 0. The van der Waals surface area contributed by atoms with Crippen molar-refractivity contribution in [3.8, 4) is 11.1 Å². The van der Waals surface area contributed by atoms with Crippen molar-refractivity contribution in [2.24, 2.45) is 0 Å². The number of rotatable bonds is 1. The van der Waals surface area contributed by atoms with Gasteiger partial charge < -0.3 is 0 Å². The summed E-state index contributed by atoms with van der Waals surface area (Å²) in [5.41, 5.74) is 4.77. The second-order valence-electron chi connectivity index (χ2n) is 3.58. The lowest BCUT2D eigenvalue weighted by atomic mass is 10.0. The normalized spacial score (nSPS) is 12.3. The Hall–Kier alpha value is -2.02. The minimum absolute atomic E-state index is 1.06. The van der Waals surface area contributed by atoms with Gasteiger partial charge in [0.15, 0.2) is 0 Å². The molecule has 15 heavy (non-hydrogen) atoms. The first-order chi connectivity index (χ1) is 7.43. The van der Waals surface area contributed by atoms with Crippen LogP contribution >= 0.6 is 0 Å². The average Bonchev–Trinajstić information content (AvgIpc) is 2.77. The van der Waals surface area contributed by atoms with E-state index in [4.69, 9.17) is 0 Å². The van der Waals surface area contributed by atoms with E-state index in [-0.39, 0.29) is 0 Å². The van der Waals surface area contributed by atoms with Crippen LogP contribution in [0, 0.1) is 0 Å². The van der Waals surface area contributed by atoms with Gasteiger partial charge in [-0.25, -0.2) is 0 Å². The molecule has 1 aliphatic heterocycles. The van der Waals surface area contributed by atoms with E-state index in [1.165, 1.54) is 16.7 Å². The summed E-state index contributed by atoms with van der Waals surface area (Å²) >= 11 is 0. The Morgan fingerprint density at radius 1 is 0.800 bits per heavy atom. The van der Waals surface area contributed by atoms with Crippen molar-refractivity contribution in [1.82, 2.24) is 5.32 Å². The lowest BCUT2D eigenvalue weighted by molar-refractivity contribution is 1.22. The minimum atomic E-state index is 1.06. The van der Waals surface area contributed by atoms with E-state index in [2.05, 4.69) is 47.8 Å². The molecule has 1 heterocycles. The molecule has 1 aliphatic rings. The van der Waals surface area contributed by atoms with Gasteiger partial charge in [-0.3, -0.25) is 5.32 Å². The average molecular weight is 192 g/mol. The zero-order chi connectivity index (χ0) is 10.1. The SMILES string of the molecule is C1=Cc2cc(-c3ccccc3)ccc2[N]1. The van der Waals surface area contributed by atoms with E-state index in [0.29, 0.717) is 0 Å². The molecule has 71 valence electrons. The molecular formula is C14H10N. The summed E-state index contributed by atoms with van der Waals surface area (Å²) in [5, 5.41) is 4.25. The van der Waals surface area contributed by atoms with Crippen molar-refractivity contribution in [2.45, 2.75) is 0 Å². The van der Waals surface area contributed by atoms with Gasteiger partial charge in [-0.15, -0.1) is 0 Å². The largest absolute Gasteiger partial charge is 0.256 e. The Morgan fingerprint density at radius 3 is 2.53 bits per heavy atom. The maximum absolute atomic E-state index is 4.25. The molecule has 0 unspecified atom stereocenters. The fraction of sp³-hybridized carbons (Fsp3) is 0. The monoisotopic (exact) mass is 192 g/mol. The van der Waals surface area contributed by atoms with Gasteiger partial charge >= 0.3 is 0 Å². The lowest BCUT2D eigenvalue weighted by Crippen LogP contribution is -1.83. The van der Waals surface area contributed by atoms with Crippen LogP contribution in [-0.2, 0) is 0 Å². The summed E-state index contributed by atoms with van der Waals surface area (Å²) in [7, 11) is 0. The van der Waals surface area contributed by atoms with Gasteiger partial charge in [0, 0.05) is 11.8 Å². The third-order valence-corrected chi connectivity index (χ3v) is 2.60. The number of hydrogen-bond donors (Lipinski definition) is 0. The Morgan fingerprint density at radius 2 is 1.67 bits per heavy atom. The smallest absolute Gasteiger partial charge is 0.0702 e. The molecule has 0 N–H and O–H groups in total. The molecule has 0 amide bonds. The third kappa shape index (κ3) is 1.42. The molecule has 0 saturated heterocycles. The molecular weight excluding hydrogens is 182 g/mol. The predicted octanol–water partition coefficient (Wildman–Crippen LogP) is 3.57. The maximum atomic E-state index is 4.25. The highest BCUT2D eigenvalue weighted by molar-refractivity contribution is 5.76. The van der Waals surface area contributed by atoms with Gasteiger partial charge in [-0.1, -0.05) is 36.4 Å². The van der Waals surface area contributed by atoms with Crippen LogP contribution in [0.5, 0.6) is 0 Å². The van der Waals surface area contributed by atoms with Gasteiger partial charge in [0.1, 0.15) is 0 Å². The van der Waals surface area contributed by atoms with E-state index >= 15 is 0 Å². The van der Waals surface area contributed by atoms with E-state index in [1.54, 1.807) is 0 Å². The molecule has 0 saturated carbocycles. The van der Waals surface area contributed by atoms with Crippen LogP contribution < -0.4 is 5.32 Å². The van der Waals surface area contributed by atoms with Crippen molar-refractivity contribution < 1.29 is 0 Å². The van der Waals surface area contributed by atoms with Crippen molar-refractivity contribution in [3.63, 3.8) is 0 Å². The molecule has 3 rings (SSSR count). The molecule has 2 aromatic rings. The summed E-state index contributed by atoms with van der Waals surface area (Å²) < 4.78 is 0. The Balaban J connectivity index is 2.11. The van der Waals surface area contributed by atoms with Crippen molar-refractivity contribution >= 4 is 11.8 Å². The van der Waals surface area contributed by atoms with Crippen LogP contribution in [0.4, 0.5) is 5.69 Å². The van der Waals surface area contributed by atoms with Crippen LogP contribution in [0.25, 0.3) is 17.2 Å². The Bertz CT molecular complexity index is 512. The van der Waals surface area contributed by atoms with E-state index in [9.17, 15) is 0 Å². The minimum Gasteiger partial charge on any atom is -0.256 e. The van der Waals surface area contributed by atoms with Crippen LogP contribution in [0.2, 0.25) is 0 Å². The first-order valence-corrected chi connectivity index (χ1v) is 5.00. The highest BCUT2D eigenvalue weighted by atomic mass is 14.9. The van der Waals surface area contributed by atoms with Crippen LogP contribution in [0.3, 0.4) is 0 Å². The van der Waals surface area contributed by atoms with Crippen molar-refractivity contribution in [2.75, 3.05) is 0 Å². The predicted molar refractivity (Wildman–Crippen MR) is 62.7 cm³/mol. The lowest BCUT2D eigenvalue weighted by Gasteiger charge is -2.03. The quantitative estimate of drug-likeness (QED) is 0.655. The molecule has 1 radical (unpaired) electrons. The number of benzene rings is 2. The number of hydrogen-bond acceptors (Lipinski definition) is 0. The molecule has 1 heteroatoms. The molecule has 0 atom stereocenters. The second-order valence-corrected chi connectivity index (χ2v) is 3.58. The van der Waals surface area contributed by atoms with Gasteiger partial charge in [0.2, 0.25) is 0 Å². The third-order valence-electron chi connectivity index (χ3n) is 2.60. The van der Waals surface area contributed by atoms with Crippen LogP contribution in [-0.4, -0.2) is 0 Å². The Labute approximate surface area is 89.1 Å². The Kier molecular flexibility index (Phi) is 1.82. The van der Waals surface area contributed by atoms with Crippen molar-refractivity contribution in [1.29, 1.82) is 0 Å². The van der Waals surface area contributed by atoms with E-state index < -0.39 is 0 Å². The summed E-state index contributed by atoms with van der Waals surface area (Å²) in [6.45, 7) is 0. The number of fused-ring (bicyclic) bond motifs is 1. The molecule has 0 aromatic heterocycles. The first kappa shape index (κ1) is 8.30. The van der Waals surface area contributed by atoms with Crippen LogP contribution in [0.1, 0.15) is 5.56 Å². The fourth-order valence-corrected chi connectivity index (χ4v) is 1.81. The van der Waals surface area contributed by atoms with Crippen molar-refractivity contribution in [3.05, 3.63) is 60.3 Å². The van der Waals surface area contributed by atoms with E-state index in [1.807, 2.05) is 18.3 Å². The summed E-state index contributed by atoms with van der Waals surface area (Å²) in [5.74, 6) is 0. The highest BCUT2D eigenvalue weighted by Crippen LogP contribution is 2.28. The standard InChI is InChI=1S/C14H10N/c1-2-4-11(5-3-1)12-6-7-14-13(10-12)8-9-15-14/h1-10H. The van der Waals surface area contributed by atoms with Crippen LogP contribution in [0.15, 0.2) is 54.7 Å². The summed E-state index contributed by atoms with van der Waals surface area (Å²) in [6.07, 6.45) is 3.89. The topological polar surface area (TPSA) is 14.1 Å². The van der Waals surface area contributed by atoms with Gasteiger partial charge in [-0.2, -0.15) is 0 Å². The molecule has 2 aromatic carbocycles. The molecule has 0 fully saturated rings. The zero-order valence-electron chi connectivity index (χ0n) is 8.22. The van der Waals surface area contributed by atoms with Gasteiger partial charge in [0.25, 0.3) is 0 Å². The molecule has 0 bridgehead atoms. The van der Waals surface area contributed by atoms with Gasteiger partial charge in [0.05, 0.1) is 5.69 Å². The maximum Gasteiger partial charge on any atom is 0.0702 e. The van der Waals surface area contributed by atoms with Gasteiger partial charge in [-0.05, 0) is 29.3 Å². The number of nitrogens with zero attached hydrogens (tertiary/aromatic N) is 1. The molecule has 1 nitrogen and oxygen atoms in total. The van der Waals surface area contributed by atoms with E-state index in [0.717, 1.165) is 5.69 Å².